The van der Waals surface area contributed by atoms with Gasteiger partial charge in [0.15, 0.2) is 0 Å². The summed E-state index contributed by atoms with van der Waals surface area (Å²) in [6.07, 6.45) is 4.87. The van der Waals surface area contributed by atoms with Gasteiger partial charge in [-0.2, -0.15) is 0 Å². The molecule has 2 fully saturated rings. The average molecular weight is 1190 g/mol. The number of carbonyl (C=O) groups excluding carboxylic acids is 7. The smallest absolute Gasteiger partial charge is 1.00 e. The molecule has 0 bridgehead atoms. The van der Waals surface area contributed by atoms with E-state index in [4.69, 9.17) is 21.7 Å². The van der Waals surface area contributed by atoms with Gasteiger partial charge in [0, 0.05) is 84.0 Å². The van der Waals surface area contributed by atoms with Crippen molar-refractivity contribution in [1.82, 2.24) is 40.6 Å². The van der Waals surface area contributed by atoms with Crippen molar-refractivity contribution in [2.24, 2.45) is 9.98 Å². The van der Waals surface area contributed by atoms with E-state index in [0.717, 1.165) is 20.2 Å². The molecular formula is C51H55ClK2N12O11S2. The van der Waals surface area contributed by atoms with E-state index in [2.05, 4.69) is 51.8 Å². The van der Waals surface area contributed by atoms with E-state index in [1.54, 1.807) is 46.5 Å². The Morgan fingerprint density at radius 3 is 1.53 bits per heavy atom. The molecular weight excluding hydrogens is 1130 g/mol. The molecule has 2 saturated heterocycles. The second-order valence-electron chi connectivity index (χ2n) is 17.5. The maximum Gasteiger partial charge on any atom is 1.00 e. The Hall–Kier alpha value is -4.99. The fourth-order valence-electron chi connectivity index (χ4n) is 8.90. The largest absolute Gasteiger partial charge is 1.00 e. The summed E-state index contributed by atoms with van der Waals surface area (Å²) in [5.41, 5.74) is -1.05. The zero-order chi connectivity index (χ0) is 55.1. The first kappa shape index (κ1) is 64.8. The number of amidine groups is 2. The van der Waals surface area contributed by atoms with Gasteiger partial charge < -0.3 is 52.2 Å². The third-order valence-electron chi connectivity index (χ3n) is 12.6. The molecule has 4 aromatic heterocycles. The van der Waals surface area contributed by atoms with Crippen LogP contribution in [0.25, 0.3) is 20.2 Å². The van der Waals surface area contributed by atoms with Crippen molar-refractivity contribution < 1.29 is 148 Å². The Kier molecular flexibility index (Phi) is 25.2. The number of thiophene rings is 2. The maximum absolute atomic E-state index is 13.6. The van der Waals surface area contributed by atoms with Crippen LogP contribution in [0.1, 0.15) is 61.7 Å². The molecule has 2 spiro atoms. The summed E-state index contributed by atoms with van der Waals surface area (Å²) in [5, 5.41) is 27.6. The molecule has 23 nitrogen and oxygen atoms in total. The first-order chi connectivity index (χ1) is 37.2. The number of benzene rings is 2. The van der Waals surface area contributed by atoms with E-state index in [1.807, 2.05) is 62.4 Å². The van der Waals surface area contributed by atoms with Crippen LogP contribution in [0.3, 0.4) is 0 Å². The van der Waals surface area contributed by atoms with Gasteiger partial charge in [-0.05, 0) is 63.8 Å². The summed E-state index contributed by atoms with van der Waals surface area (Å²) in [6.45, 7) is 6.11. The fraction of sp³-hybridized carbons (Fsp3) is 0.314. The van der Waals surface area contributed by atoms with Crippen molar-refractivity contribution in [3.63, 3.8) is 0 Å². The monoisotopic (exact) mass is 1190 g/mol. The summed E-state index contributed by atoms with van der Waals surface area (Å²) in [4.78, 5) is 125. The summed E-state index contributed by atoms with van der Waals surface area (Å²) >= 11 is 8.54. The van der Waals surface area contributed by atoms with Crippen molar-refractivity contribution in [2.45, 2.75) is 57.2 Å². The molecule has 8 amide bonds. The number of nitrogens with one attached hydrogen (secondary N) is 7. The molecule has 0 atom stereocenters. The molecule has 4 aliphatic rings. The minimum atomic E-state index is -0.941. The second kappa shape index (κ2) is 30.7. The third-order valence-corrected chi connectivity index (χ3v) is 15.1. The molecule has 2 aromatic carbocycles. The first-order valence-corrected chi connectivity index (χ1v) is 26.4. The van der Waals surface area contributed by atoms with E-state index in [-0.39, 0.29) is 170 Å². The molecule has 10 rings (SSSR count). The number of aliphatic imine (C=N–C) groups is 2. The number of nitrogens with zero attached hydrogens (tertiary/aromatic N) is 5. The summed E-state index contributed by atoms with van der Waals surface area (Å²) in [5.74, 6) is 0.398. The van der Waals surface area contributed by atoms with Gasteiger partial charge in [0.05, 0.1) is 23.6 Å². The molecule has 0 radical (unpaired) electrons. The Morgan fingerprint density at radius 1 is 0.696 bits per heavy atom. The van der Waals surface area contributed by atoms with Crippen LogP contribution in [0.4, 0.5) is 19.6 Å². The second-order valence-corrected chi connectivity index (χ2v) is 19.8. The molecule has 0 aliphatic carbocycles. The Labute approximate surface area is 552 Å². The number of pyridine rings is 2. The predicted molar refractivity (Wildman–Crippen MR) is 293 cm³/mol. The van der Waals surface area contributed by atoms with Crippen molar-refractivity contribution in [2.75, 3.05) is 55.8 Å². The van der Waals surface area contributed by atoms with Gasteiger partial charge in [-0.15, -0.1) is 34.3 Å². The third kappa shape index (κ3) is 16.1. The average Bonchev–Trinajstić information content (AvgIpc) is 4.16. The number of urea groups is 2. The Bertz CT molecular complexity index is 3340. The normalized spacial score (nSPS) is 15.3. The van der Waals surface area contributed by atoms with Gasteiger partial charge in [0.2, 0.25) is 5.56 Å². The van der Waals surface area contributed by atoms with Crippen LogP contribution in [-0.4, -0.2) is 129 Å². The number of aromatic amines is 1. The number of hydrogen-bond acceptors (Lipinski definition) is 15. The van der Waals surface area contributed by atoms with Crippen LogP contribution in [-0.2, 0) is 25.8 Å². The molecule has 28 heteroatoms. The van der Waals surface area contributed by atoms with Crippen molar-refractivity contribution in [3.05, 3.63) is 129 Å². The number of halogens is 1. The topological polar surface area (TPSA) is 310 Å². The molecule has 4 aliphatic heterocycles. The number of carbonyl (C=O) groups is 7. The summed E-state index contributed by atoms with van der Waals surface area (Å²) < 4.78 is 3.32. The van der Waals surface area contributed by atoms with E-state index >= 15 is 0 Å². The standard InChI is InChI=1S/C25H26N6O4S.C20H22ClN5O3S.C5H5NO.CH2O3.2K.H/c1-2-26-24(35)28-21-20(16-7-3-4-8-17(16)36-21)22(33)30-13-10-25(11-14-30)23(34)27-18(29-25)15-31-12-6-5-9-19(31)32;1-2-22-19(29)24-16-15(12-5-3-4-6-13(12)30-16)17(27)26-9-7-20(8-10-26)18(28)23-14(11-21)25-20;7-5-3-1-2-4-6-5;2-1-4-3;;;/h3-9,12H,2,10-11,13-15H2,1H3,(H2,26,28,35)(H,27,29,34);3-6H,2,7-11H2,1H3,(H2,22,24,29)(H,23,25,28);1-4H,(H,6,7);1,3H;;;/q;;;;2*+1;-1/p-1. The van der Waals surface area contributed by atoms with Crippen LogP contribution >= 0.6 is 34.3 Å². The number of hydrogen-bond donors (Lipinski definition) is 7. The predicted octanol–water partition coefficient (Wildman–Crippen LogP) is -1.88. The van der Waals surface area contributed by atoms with Crippen LogP contribution < -0.4 is 151 Å². The van der Waals surface area contributed by atoms with Crippen LogP contribution in [0.2, 0.25) is 0 Å². The van der Waals surface area contributed by atoms with E-state index in [1.165, 1.54) is 39.4 Å². The number of fused-ring (bicyclic) bond motifs is 2. The fourth-order valence-corrected chi connectivity index (χ4v) is 11.2. The molecule has 0 saturated carbocycles. The number of amides is 8. The van der Waals surface area contributed by atoms with Crippen LogP contribution in [0, 0.1) is 0 Å². The summed E-state index contributed by atoms with van der Waals surface area (Å²) in [7, 11) is 0. The van der Waals surface area contributed by atoms with E-state index < -0.39 is 11.1 Å². The molecule has 406 valence electrons. The Morgan fingerprint density at radius 2 is 1.14 bits per heavy atom. The van der Waals surface area contributed by atoms with Crippen molar-refractivity contribution >= 4 is 118 Å². The van der Waals surface area contributed by atoms with Crippen molar-refractivity contribution in [3.8, 4) is 0 Å². The van der Waals surface area contributed by atoms with Gasteiger partial charge in [0.25, 0.3) is 35.7 Å². The van der Waals surface area contributed by atoms with E-state index in [0.29, 0.717) is 97.8 Å². The van der Waals surface area contributed by atoms with Gasteiger partial charge in [-0.1, -0.05) is 48.5 Å². The number of H-pyrrole nitrogens is 1. The number of rotatable bonds is 10. The zero-order valence-electron chi connectivity index (χ0n) is 44.7. The van der Waals surface area contributed by atoms with Gasteiger partial charge in [-0.25, -0.2) is 9.59 Å². The maximum atomic E-state index is 13.6. The van der Waals surface area contributed by atoms with Gasteiger partial charge >= 0.3 is 115 Å². The quantitative estimate of drug-likeness (QED) is 0.0262. The van der Waals surface area contributed by atoms with Crippen LogP contribution in [0.15, 0.2) is 117 Å². The molecule has 7 N–H and O–H groups in total. The number of alkyl halides is 1. The van der Waals surface area contributed by atoms with E-state index in [9.17, 15) is 38.4 Å². The zero-order valence-corrected chi connectivity index (χ0v) is 52.4. The van der Waals surface area contributed by atoms with Crippen molar-refractivity contribution in [1.29, 1.82) is 0 Å². The van der Waals surface area contributed by atoms with Crippen LogP contribution in [0.5, 0.6) is 0 Å². The Balaban J connectivity index is 0.000000283. The minimum Gasteiger partial charge on any atom is -1.00 e. The number of anilines is 2. The summed E-state index contributed by atoms with van der Waals surface area (Å²) in [6, 6.07) is 24.2. The molecule has 6 aromatic rings. The SMILES string of the molecule is CCNC(=O)Nc1sc2ccccc2c1C(=O)N1CCC2(CC1)N=C(CCl)NC2=O.CCNC(=O)Nc1sc2ccccc2c1C(=O)N1CCC2(CC1)N=C(Cn1ccccc1=O)NC2=O.O=CO[O-].O=c1cccc[nH]1.[H-].[K+].[K+]. The van der Waals surface area contributed by atoms with Gasteiger partial charge in [-0.3, -0.25) is 54.2 Å². The number of piperidine rings is 2. The number of likely N-dealkylation sites (tertiary alicyclic amines) is 2. The molecule has 0 unspecified atom stereocenters. The first-order valence-electron chi connectivity index (χ1n) is 24.3. The molecule has 8 heterocycles. The van der Waals surface area contributed by atoms with Gasteiger partial charge in [0.1, 0.15) is 32.8 Å². The minimum absolute atomic E-state index is 0. The molecule has 79 heavy (non-hydrogen) atoms. The number of aromatic nitrogens is 2.